The minimum absolute atomic E-state index is 0. The molecule has 0 radical (unpaired) electrons. The highest BCUT2D eigenvalue weighted by atomic mass is 35.5. The van der Waals surface area contributed by atoms with Crippen molar-refractivity contribution in [1.82, 2.24) is 4.90 Å². The molecule has 0 aromatic heterocycles. The lowest BCUT2D eigenvalue weighted by Gasteiger charge is -2.26. The number of carbonyl (C=O) groups excluding carboxylic acids is 2. The van der Waals surface area contributed by atoms with Crippen LogP contribution in [0.25, 0.3) is 0 Å². The average Bonchev–Trinajstić information content (AvgIpc) is 2.50. The van der Waals surface area contributed by atoms with Crippen LogP contribution in [0.2, 0.25) is 0 Å². The molecule has 122 valence electrons. The molecule has 1 aromatic rings. The van der Waals surface area contributed by atoms with Crippen molar-refractivity contribution in [2.24, 2.45) is 5.73 Å². The Kier molecular flexibility index (Phi) is 7.72. The molecule has 1 aliphatic heterocycles. The van der Waals surface area contributed by atoms with Gasteiger partial charge in [0.2, 0.25) is 11.8 Å². The number of nitrogens with two attached hydrogens (primary N) is 1. The highest BCUT2D eigenvalue weighted by Gasteiger charge is 2.16. The number of halogens is 1. The van der Waals surface area contributed by atoms with Gasteiger partial charge in [-0.25, -0.2) is 0 Å². The molecule has 7 heteroatoms. The lowest BCUT2D eigenvalue weighted by Crippen LogP contribution is -2.38. The molecule has 22 heavy (non-hydrogen) atoms. The SMILES string of the molecule is C[C@@H](N)C(=O)Nc1ccc(CC(=O)N2CCSCC2)cc1.Cl. The van der Waals surface area contributed by atoms with E-state index in [1.165, 1.54) is 0 Å². The fraction of sp³-hybridized carbons (Fsp3) is 0.467. The van der Waals surface area contributed by atoms with Crippen molar-refractivity contribution >= 4 is 41.7 Å². The van der Waals surface area contributed by atoms with E-state index in [1.54, 1.807) is 19.1 Å². The van der Waals surface area contributed by atoms with Gasteiger partial charge >= 0.3 is 0 Å². The van der Waals surface area contributed by atoms with Gasteiger partial charge in [-0.2, -0.15) is 11.8 Å². The van der Waals surface area contributed by atoms with Crippen LogP contribution < -0.4 is 11.1 Å². The number of benzene rings is 1. The summed E-state index contributed by atoms with van der Waals surface area (Å²) in [6.45, 7) is 3.32. The van der Waals surface area contributed by atoms with Crippen LogP contribution in [0, 0.1) is 0 Å². The number of thioether (sulfide) groups is 1. The third-order valence-corrected chi connectivity index (χ3v) is 4.30. The fourth-order valence-corrected chi connectivity index (χ4v) is 2.96. The Morgan fingerprint density at radius 1 is 1.27 bits per heavy atom. The second kappa shape index (κ2) is 9.02. The lowest BCUT2D eigenvalue weighted by atomic mass is 10.1. The van der Waals surface area contributed by atoms with Crippen LogP contribution in [0.15, 0.2) is 24.3 Å². The van der Waals surface area contributed by atoms with Crippen molar-refractivity contribution in [2.75, 3.05) is 29.9 Å². The number of amides is 2. The van der Waals surface area contributed by atoms with Crippen LogP contribution >= 0.6 is 24.2 Å². The van der Waals surface area contributed by atoms with E-state index in [4.69, 9.17) is 5.73 Å². The fourth-order valence-electron chi connectivity index (χ4n) is 2.06. The molecule has 3 N–H and O–H groups in total. The van der Waals surface area contributed by atoms with Gasteiger partial charge in [-0.15, -0.1) is 12.4 Å². The number of nitrogens with zero attached hydrogens (tertiary/aromatic N) is 1. The van der Waals surface area contributed by atoms with E-state index in [0.717, 1.165) is 30.2 Å². The average molecular weight is 344 g/mol. The van der Waals surface area contributed by atoms with Gasteiger partial charge in [0, 0.05) is 30.3 Å². The van der Waals surface area contributed by atoms with E-state index in [-0.39, 0.29) is 24.2 Å². The minimum atomic E-state index is -0.539. The van der Waals surface area contributed by atoms with Crippen molar-refractivity contribution in [1.29, 1.82) is 0 Å². The van der Waals surface area contributed by atoms with Crippen LogP contribution in [-0.2, 0) is 16.0 Å². The smallest absolute Gasteiger partial charge is 0.240 e. The summed E-state index contributed by atoms with van der Waals surface area (Å²) in [5, 5.41) is 2.72. The molecule has 5 nitrogen and oxygen atoms in total. The maximum atomic E-state index is 12.1. The third-order valence-electron chi connectivity index (χ3n) is 3.35. The van der Waals surface area contributed by atoms with Gasteiger partial charge in [-0.3, -0.25) is 9.59 Å². The summed E-state index contributed by atoms with van der Waals surface area (Å²) in [6, 6.07) is 6.80. The summed E-state index contributed by atoms with van der Waals surface area (Å²) < 4.78 is 0. The van der Waals surface area contributed by atoms with Crippen LogP contribution in [0.5, 0.6) is 0 Å². The number of hydrogen-bond acceptors (Lipinski definition) is 4. The first-order valence-electron chi connectivity index (χ1n) is 7.07. The summed E-state index contributed by atoms with van der Waals surface area (Å²) in [5.41, 5.74) is 7.15. The number of nitrogens with one attached hydrogen (secondary N) is 1. The molecule has 1 saturated heterocycles. The molecule has 0 aliphatic carbocycles. The second-order valence-electron chi connectivity index (χ2n) is 5.14. The molecule has 1 aromatic carbocycles. The first-order chi connectivity index (χ1) is 10.1. The van der Waals surface area contributed by atoms with Gasteiger partial charge in [-0.1, -0.05) is 12.1 Å². The highest BCUT2D eigenvalue weighted by Crippen LogP contribution is 2.14. The summed E-state index contributed by atoms with van der Waals surface area (Å²) in [6.07, 6.45) is 0.409. The Morgan fingerprint density at radius 2 is 1.86 bits per heavy atom. The molecular formula is C15H22ClN3O2S. The van der Waals surface area contributed by atoms with E-state index in [1.807, 2.05) is 28.8 Å². The summed E-state index contributed by atoms with van der Waals surface area (Å²) >= 11 is 1.89. The van der Waals surface area contributed by atoms with Crippen molar-refractivity contribution in [3.63, 3.8) is 0 Å². The van der Waals surface area contributed by atoms with Crippen LogP contribution in [-0.4, -0.2) is 47.4 Å². The van der Waals surface area contributed by atoms with E-state index in [9.17, 15) is 9.59 Å². The van der Waals surface area contributed by atoms with Gasteiger partial charge in [0.15, 0.2) is 0 Å². The zero-order chi connectivity index (χ0) is 15.2. The maximum absolute atomic E-state index is 12.1. The first-order valence-corrected chi connectivity index (χ1v) is 8.22. The standard InChI is InChI=1S/C15H21N3O2S.ClH/c1-11(16)15(20)17-13-4-2-12(3-5-13)10-14(19)18-6-8-21-9-7-18;/h2-5,11H,6-10,16H2,1H3,(H,17,20);1H/t11-;/m1./s1. The van der Waals surface area contributed by atoms with E-state index >= 15 is 0 Å². The van der Waals surface area contributed by atoms with Gasteiger partial charge in [-0.05, 0) is 24.6 Å². The Hall–Kier alpha value is -1.24. The van der Waals surface area contributed by atoms with Gasteiger partial charge in [0.1, 0.15) is 0 Å². The van der Waals surface area contributed by atoms with Crippen molar-refractivity contribution in [3.8, 4) is 0 Å². The Bertz CT molecular complexity index is 502. The zero-order valence-electron chi connectivity index (χ0n) is 12.6. The summed E-state index contributed by atoms with van der Waals surface area (Å²) in [4.78, 5) is 25.6. The molecule has 1 aliphatic rings. The highest BCUT2D eigenvalue weighted by molar-refractivity contribution is 7.99. The Labute approximate surface area is 141 Å². The molecule has 1 heterocycles. The largest absolute Gasteiger partial charge is 0.341 e. The minimum Gasteiger partial charge on any atom is -0.341 e. The Morgan fingerprint density at radius 3 is 2.41 bits per heavy atom. The van der Waals surface area contributed by atoms with Crippen molar-refractivity contribution in [3.05, 3.63) is 29.8 Å². The Balaban J connectivity index is 0.00000242. The molecule has 1 fully saturated rings. The van der Waals surface area contributed by atoms with Crippen molar-refractivity contribution in [2.45, 2.75) is 19.4 Å². The number of carbonyl (C=O) groups is 2. The molecule has 1 atom stereocenters. The second-order valence-corrected chi connectivity index (χ2v) is 6.37. The third kappa shape index (κ3) is 5.51. The topological polar surface area (TPSA) is 75.4 Å². The zero-order valence-corrected chi connectivity index (χ0v) is 14.2. The number of rotatable bonds is 4. The first kappa shape index (κ1) is 18.8. The number of anilines is 1. The normalized spacial score (nSPS) is 15.6. The molecule has 0 spiro atoms. The predicted octanol–water partition coefficient (Wildman–Crippen LogP) is 1.51. The van der Waals surface area contributed by atoms with Crippen LogP contribution in [0.3, 0.4) is 0 Å². The van der Waals surface area contributed by atoms with Crippen LogP contribution in [0.1, 0.15) is 12.5 Å². The molecule has 0 saturated carbocycles. The molecule has 2 amide bonds. The molecule has 0 unspecified atom stereocenters. The van der Waals surface area contributed by atoms with Gasteiger partial charge in [0.05, 0.1) is 12.5 Å². The number of hydrogen-bond donors (Lipinski definition) is 2. The van der Waals surface area contributed by atoms with Crippen LogP contribution in [0.4, 0.5) is 5.69 Å². The lowest BCUT2D eigenvalue weighted by molar-refractivity contribution is -0.130. The predicted molar refractivity (Wildman–Crippen MR) is 93.6 cm³/mol. The van der Waals surface area contributed by atoms with E-state index < -0.39 is 6.04 Å². The molecule has 0 bridgehead atoms. The van der Waals surface area contributed by atoms with E-state index in [0.29, 0.717) is 12.1 Å². The van der Waals surface area contributed by atoms with Crippen molar-refractivity contribution < 1.29 is 9.59 Å². The van der Waals surface area contributed by atoms with Gasteiger partial charge < -0.3 is 16.0 Å². The summed E-state index contributed by atoms with van der Waals surface area (Å²) in [7, 11) is 0. The monoisotopic (exact) mass is 343 g/mol. The van der Waals surface area contributed by atoms with Gasteiger partial charge in [0.25, 0.3) is 0 Å². The maximum Gasteiger partial charge on any atom is 0.240 e. The quantitative estimate of drug-likeness (QED) is 0.869. The molecule has 2 rings (SSSR count). The van der Waals surface area contributed by atoms with E-state index in [2.05, 4.69) is 5.32 Å². The molecular weight excluding hydrogens is 322 g/mol. The summed E-state index contributed by atoms with van der Waals surface area (Å²) in [5.74, 6) is 1.99.